The van der Waals surface area contributed by atoms with E-state index < -0.39 is 0 Å². The second-order valence-electron chi connectivity index (χ2n) is 9.02. The highest BCUT2D eigenvalue weighted by atomic mass is 35.5. The predicted molar refractivity (Wildman–Crippen MR) is 131 cm³/mol. The minimum atomic E-state index is -0.140. The Labute approximate surface area is 196 Å². The lowest BCUT2D eigenvalue weighted by molar-refractivity contribution is 0.157. The first-order valence-corrected chi connectivity index (χ1v) is 11.9. The predicted octanol–water partition coefficient (Wildman–Crippen LogP) is 6.40. The number of hydrogen-bond acceptors (Lipinski definition) is 2. The van der Waals surface area contributed by atoms with Crippen molar-refractivity contribution in [2.75, 3.05) is 25.0 Å². The van der Waals surface area contributed by atoms with Crippen LogP contribution in [0.5, 0.6) is 0 Å². The van der Waals surface area contributed by atoms with E-state index in [0.717, 1.165) is 50.1 Å². The van der Waals surface area contributed by atoms with E-state index in [1.54, 1.807) is 0 Å². The van der Waals surface area contributed by atoms with Gasteiger partial charge < -0.3 is 15.5 Å². The van der Waals surface area contributed by atoms with Crippen molar-refractivity contribution in [1.29, 1.82) is 0 Å². The molecule has 31 heavy (non-hydrogen) atoms. The molecule has 168 valence electrons. The summed E-state index contributed by atoms with van der Waals surface area (Å²) in [6.07, 6.45) is 3.34. The molecule has 4 nitrogen and oxygen atoms in total. The van der Waals surface area contributed by atoms with Gasteiger partial charge in [0.15, 0.2) is 0 Å². The zero-order chi connectivity index (χ0) is 22.4. The standard InChI is InChI=1S/C25H33Cl2N3O/c1-17(2)24(29-25(31)28-21-6-4-5-18(3)13-21)16-30-11-9-19(10-12-30)14-20-7-8-22(26)23(27)15-20/h4-8,13,15,17,19,24H,9-12,14,16H2,1-3H3,(H2,28,29,31)/t24-/m1/s1. The van der Waals surface area contributed by atoms with Gasteiger partial charge in [0, 0.05) is 18.3 Å². The second kappa shape index (κ2) is 11.2. The molecule has 0 bridgehead atoms. The van der Waals surface area contributed by atoms with Crippen LogP contribution in [0.15, 0.2) is 42.5 Å². The lowest BCUT2D eigenvalue weighted by Crippen LogP contribution is -2.49. The summed E-state index contributed by atoms with van der Waals surface area (Å²) in [6, 6.07) is 13.8. The van der Waals surface area contributed by atoms with Gasteiger partial charge in [0.25, 0.3) is 0 Å². The fourth-order valence-electron chi connectivity index (χ4n) is 4.13. The lowest BCUT2D eigenvalue weighted by atomic mass is 9.89. The maximum atomic E-state index is 12.5. The Morgan fingerprint density at radius 1 is 1.10 bits per heavy atom. The number of amides is 2. The highest BCUT2D eigenvalue weighted by molar-refractivity contribution is 6.42. The Balaban J connectivity index is 1.47. The Morgan fingerprint density at radius 3 is 2.48 bits per heavy atom. The Bertz CT molecular complexity index is 879. The first kappa shape index (κ1) is 23.9. The van der Waals surface area contributed by atoms with Crippen molar-refractivity contribution in [3.63, 3.8) is 0 Å². The SMILES string of the molecule is Cc1cccc(NC(=O)N[C@H](CN2CCC(Cc3ccc(Cl)c(Cl)c3)CC2)C(C)C)c1. The summed E-state index contributed by atoms with van der Waals surface area (Å²) >= 11 is 12.2. The van der Waals surface area contributed by atoms with E-state index >= 15 is 0 Å². The number of carbonyl (C=O) groups is 1. The van der Waals surface area contributed by atoms with Crippen LogP contribution >= 0.6 is 23.2 Å². The molecule has 0 saturated carbocycles. The van der Waals surface area contributed by atoms with Gasteiger partial charge in [-0.1, -0.05) is 55.2 Å². The number of rotatable bonds is 7. The molecule has 1 fully saturated rings. The summed E-state index contributed by atoms with van der Waals surface area (Å²) in [7, 11) is 0. The zero-order valence-corrected chi connectivity index (χ0v) is 20.1. The third kappa shape index (κ3) is 7.41. The van der Waals surface area contributed by atoms with Crippen LogP contribution in [0, 0.1) is 18.8 Å². The van der Waals surface area contributed by atoms with Crippen molar-refractivity contribution in [2.45, 2.75) is 46.1 Å². The van der Waals surface area contributed by atoms with E-state index in [1.807, 2.05) is 43.3 Å². The van der Waals surface area contributed by atoms with E-state index in [-0.39, 0.29) is 12.1 Å². The molecular formula is C25H33Cl2N3O. The molecule has 2 amide bonds. The van der Waals surface area contributed by atoms with Crippen LogP contribution in [-0.2, 0) is 6.42 Å². The highest BCUT2D eigenvalue weighted by Crippen LogP contribution is 2.27. The molecule has 1 aliphatic rings. The number of nitrogens with zero attached hydrogens (tertiary/aromatic N) is 1. The number of hydrogen-bond donors (Lipinski definition) is 2. The van der Waals surface area contributed by atoms with Crippen molar-refractivity contribution >= 4 is 34.9 Å². The van der Waals surface area contributed by atoms with Gasteiger partial charge in [-0.2, -0.15) is 0 Å². The Morgan fingerprint density at radius 2 is 1.84 bits per heavy atom. The Hall–Kier alpha value is -1.75. The summed E-state index contributed by atoms with van der Waals surface area (Å²) in [5.74, 6) is 1.01. The molecule has 2 N–H and O–H groups in total. The fourth-order valence-corrected chi connectivity index (χ4v) is 4.45. The third-order valence-electron chi connectivity index (χ3n) is 6.07. The van der Waals surface area contributed by atoms with Gasteiger partial charge >= 0.3 is 6.03 Å². The first-order valence-electron chi connectivity index (χ1n) is 11.1. The van der Waals surface area contributed by atoms with Gasteiger partial charge in [0.05, 0.1) is 10.0 Å². The number of piperidine rings is 1. The molecule has 2 aromatic rings. The van der Waals surface area contributed by atoms with Crippen LogP contribution in [0.2, 0.25) is 10.0 Å². The number of nitrogens with one attached hydrogen (secondary N) is 2. The maximum absolute atomic E-state index is 12.5. The van der Waals surface area contributed by atoms with Gasteiger partial charge in [0.2, 0.25) is 0 Å². The molecule has 0 unspecified atom stereocenters. The molecule has 1 aliphatic heterocycles. The molecule has 1 atom stereocenters. The van der Waals surface area contributed by atoms with Crippen LogP contribution in [-0.4, -0.2) is 36.6 Å². The van der Waals surface area contributed by atoms with E-state index in [1.165, 1.54) is 5.56 Å². The summed E-state index contributed by atoms with van der Waals surface area (Å²) in [5.41, 5.74) is 3.20. The smallest absolute Gasteiger partial charge is 0.319 e. The molecule has 1 saturated heterocycles. The molecule has 0 radical (unpaired) electrons. The molecule has 0 aromatic heterocycles. The largest absolute Gasteiger partial charge is 0.334 e. The quantitative estimate of drug-likeness (QED) is 0.500. The number of benzene rings is 2. The Kier molecular flexibility index (Phi) is 8.65. The maximum Gasteiger partial charge on any atom is 0.319 e. The zero-order valence-electron chi connectivity index (χ0n) is 18.6. The number of anilines is 1. The van der Waals surface area contributed by atoms with Gasteiger partial charge in [0.1, 0.15) is 0 Å². The molecule has 0 aliphatic carbocycles. The number of halogens is 2. The van der Waals surface area contributed by atoms with Gasteiger partial charge in [-0.15, -0.1) is 0 Å². The lowest BCUT2D eigenvalue weighted by Gasteiger charge is -2.35. The molecule has 3 rings (SSSR count). The number of urea groups is 1. The van der Waals surface area contributed by atoms with Crippen LogP contribution < -0.4 is 10.6 Å². The molecular weight excluding hydrogens is 429 g/mol. The first-order chi connectivity index (χ1) is 14.8. The highest BCUT2D eigenvalue weighted by Gasteiger charge is 2.24. The number of likely N-dealkylation sites (tertiary alicyclic amines) is 1. The molecule has 6 heteroatoms. The van der Waals surface area contributed by atoms with E-state index in [9.17, 15) is 4.79 Å². The monoisotopic (exact) mass is 461 g/mol. The summed E-state index contributed by atoms with van der Waals surface area (Å²) in [4.78, 5) is 15.0. The van der Waals surface area contributed by atoms with Crippen LogP contribution in [0.4, 0.5) is 10.5 Å². The average molecular weight is 462 g/mol. The topological polar surface area (TPSA) is 44.4 Å². The van der Waals surface area contributed by atoms with Crippen molar-refractivity contribution in [3.8, 4) is 0 Å². The van der Waals surface area contributed by atoms with E-state index in [4.69, 9.17) is 23.2 Å². The second-order valence-corrected chi connectivity index (χ2v) is 9.83. The van der Waals surface area contributed by atoms with Crippen molar-refractivity contribution in [3.05, 3.63) is 63.6 Å². The van der Waals surface area contributed by atoms with E-state index in [2.05, 4.69) is 35.4 Å². The van der Waals surface area contributed by atoms with Crippen molar-refractivity contribution < 1.29 is 4.79 Å². The summed E-state index contributed by atoms with van der Waals surface area (Å²) < 4.78 is 0. The molecule has 1 heterocycles. The van der Waals surface area contributed by atoms with Crippen molar-refractivity contribution in [2.24, 2.45) is 11.8 Å². The fraction of sp³-hybridized carbons (Fsp3) is 0.480. The minimum absolute atomic E-state index is 0.108. The van der Waals surface area contributed by atoms with Crippen LogP contribution in [0.25, 0.3) is 0 Å². The van der Waals surface area contributed by atoms with Crippen LogP contribution in [0.3, 0.4) is 0 Å². The summed E-state index contributed by atoms with van der Waals surface area (Å²) in [5, 5.41) is 7.38. The molecule has 2 aromatic carbocycles. The number of carbonyl (C=O) groups excluding carboxylic acids is 1. The van der Waals surface area contributed by atoms with Crippen LogP contribution in [0.1, 0.15) is 37.8 Å². The van der Waals surface area contributed by atoms with Gasteiger partial charge in [-0.25, -0.2) is 4.79 Å². The minimum Gasteiger partial charge on any atom is -0.334 e. The van der Waals surface area contributed by atoms with Gasteiger partial charge in [-0.05, 0) is 86.5 Å². The molecule has 0 spiro atoms. The third-order valence-corrected chi connectivity index (χ3v) is 6.81. The number of aryl methyl sites for hydroxylation is 1. The van der Waals surface area contributed by atoms with Gasteiger partial charge in [-0.3, -0.25) is 0 Å². The average Bonchev–Trinajstić information content (AvgIpc) is 2.71. The van der Waals surface area contributed by atoms with E-state index in [0.29, 0.717) is 21.9 Å². The summed E-state index contributed by atoms with van der Waals surface area (Å²) in [6.45, 7) is 9.32. The normalized spacial score (nSPS) is 16.3. The van der Waals surface area contributed by atoms with Crippen molar-refractivity contribution in [1.82, 2.24) is 10.2 Å².